The van der Waals surface area contributed by atoms with Crippen LogP contribution in [0.2, 0.25) is 0 Å². The SMILES string of the molecule is C=CC(=O)OCCCCCCOc1ccc(C(=O)Oc2ccc(-c3ccc(C#N)cc3)c(F)c2)cc1. The second-order valence-corrected chi connectivity index (χ2v) is 7.88. The summed E-state index contributed by atoms with van der Waals surface area (Å²) in [6.07, 6.45) is 4.65. The minimum absolute atomic E-state index is 0.0921. The maximum Gasteiger partial charge on any atom is 0.343 e. The van der Waals surface area contributed by atoms with Crippen LogP contribution in [-0.2, 0) is 9.53 Å². The van der Waals surface area contributed by atoms with E-state index >= 15 is 0 Å². The van der Waals surface area contributed by atoms with Gasteiger partial charge in [0.15, 0.2) is 0 Å². The zero-order valence-corrected chi connectivity index (χ0v) is 19.7. The molecule has 0 aromatic heterocycles. The first kappa shape index (κ1) is 26.2. The fraction of sp³-hybridized carbons (Fsp3) is 0.207. The van der Waals surface area contributed by atoms with Gasteiger partial charge in [0.2, 0.25) is 0 Å². The zero-order valence-electron chi connectivity index (χ0n) is 19.7. The molecule has 0 aliphatic rings. The monoisotopic (exact) mass is 487 g/mol. The Morgan fingerprint density at radius 2 is 1.56 bits per heavy atom. The number of carbonyl (C=O) groups excluding carboxylic acids is 2. The molecule has 3 aromatic rings. The number of esters is 2. The normalized spacial score (nSPS) is 10.2. The van der Waals surface area contributed by atoms with Crippen LogP contribution in [0.5, 0.6) is 11.5 Å². The van der Waals surface area contributed by atoms with Gasteiger partial charge >= 0.3 is 11.9 Å². The van der Waals surface area contributed by atoms with E-state index in [9.17, 15) is 14.0 Å². The summed E-state index contributed by atoms with van der Waals surface area (Å²) >= 11 is 0. The molecule has 0 radical (unpaired) electrons. The third-order valence-corrected chi connectivity index (χ3v) is 5.28. The summed E-state index contributed by atoms with van der Waals surface area (Å²) in [4.78, 5) is 23.4. The second kappa shape index (κ2) is 13.4. The van der Waals surface area contributed by atoms with Gasteiger partial charge in [-0.2, -0.15) is 5.26 Å². The summed E-state index contributed by atoms with van der Waals surface area (Å²) in [5.41, 5.74) is 1.76. The van der Waals surface area contributed by atoms with Gasteiger partial charge in [0.05, 0.1) is 30.4 Å². The Labute approximate surface area is 209 Å². The summed E-state index contributed by atoms with van der Waals surface area (Å²) in [7, 11) is 0. The van der Waals surface area contributed by atoms with Crippen molar-refractivity contribution < 1.29 is 28.2 Å². The maximum absolute atomic E-state index is 14.6. The van der Waals surface area contributed by atoms with Crippen molar-refractivity contribution in [2.45, 2.75) is 25.7 Å². The van der Waals surface area contributed by atoms with E-state index in [1.165, 1.54) is 12.1 Å². The predicted molar refractivity (Wildman–Crippen MR) is 133 cm³/mol. The van der Waals surface area contributed by atoms with Gasteiger partial charge in [-0.1, -0.05) is 18.7 Å². The predicted octanol–water partition coefficient (Wildman–Crippen LogP) is 6.25. The number of hydrogen-bond donors (Lipinski definition) is 0. The summed E-state index contributed by atoms with van der Waals surface area (Å²) in [6, 6.07) is 19.3. The van der Waals surface area contributed by atoms with E-state index in [1.807, 2.05) is 6.07 Å². The highest BCUT2D eigenvalue weighted by molar-refractivity contribution is 5.91. The smallest absolute Gasteiger partial charge is 0.343 e. The lowest BCUT2D eigenvalue weighted by atomic mass is 10.0. The minimum atomic E-state index is -0.607. The quantitative estimate of drug-likeness (QED) is 0.130. The van der Waals surface area contributed by atoms with Crippen LogP contribution >= 0.6 is 0 Å². The van der Waals surface area contributed by atoms with Crippen LogP contribution in [0.25, 0.3) is 11.1 Å². The van der Waals surface area contributed by atoms with Crippen LogP contribution in [0.1, 0.15) is 41.6 Å². The van der Waals surface area contributed by atoms with Crippen LogP contribution in [0.4, 0.5) is 4.39 Å². The second-order valence-electron chi connectivity index (χ2n) is 7.88. The molecule has 0 amide bonds. The molecule has 0 aliphatic carbocycles. The van der Waals surface area contributed by atoms with E-state index in [4.69, 9.17) is 19.5 Å². The van der Waals surface area contributed by atoms with E-state index in [-0.39, 0.29) is 5.75 Å². The van der Waals surface area contributed by atoms with E-state index in [0.717, 1.165) is 37.8 Å². The fourth-order valence-corrected chi connectivity index (χ4v) is 3.35. The zero-order chi connectivity index (χ0) is 25.8. The van der Waals surface area contributed by atoms with E-state index in [2.05, 4.69) is 6.58 Å². The summed E-state index contributed by atoms with van der Waals surface area (Å²) in [5, 5.41) is 8.89. The molecule has 0 N–H and O–H groups in total. The van der Waals surface area contributed by atoms with Crippen LogP contribution in [0, 0.1) is 17.1 Å². The minimum Gasteiger partial charge on any atom is -0.494 e. The summed E-state index contributed by atoms with van der Waals surface area (Å²) in [5.74, 6) is -0.829. The molecule has 0 bridgehead atoms. The van der Waals surface area contributed by atoms with Crippen LogP contribution in [0.15, 0.2) is 79.4 Å². The molecule has 0 unspecified atom stereocenters. The molecule has 0 heterocycles. The van der Waals surface area contributed by atoms with Crippen LogP contribution in [0.3, 0.4) is 0 Å². The molecule has 36 heavy (non-hydrogen) atoms. The van der Waals surface area contributed by atoms with Crippen LogP contribution in [-0.4, -0.2) is 25.2 Å². The molecular weight excluding hydrogens is 461 g/mol. The molecule has 0 fully saturated rings. The van der Waals surface area contributed by atoms with Gasteiger partial charge in [0.25, 0.3) is 0 Å². The fourth-order valence-electron chi connectivity index (χ4n) is 3.35. The van der Waals surface area contributed by atoms with E-state index in [0.29, 0.717) is 41.2 Å². The molecule has 0 spiro atoms. The third kappa shape index (κ3) is 7.81. The lowest BCUT2D eigenvalue weighted by molar-refractivity contribution is -0.137. The molecule has 0 atom stereocenters. The molecule has 6 nitrogen and oxygen atoms in total. The highest BCUT2D eigenvalue weighted by Gasteiger charge is 2.12. The molecule has 0 saturated carbocycles. The average Bonchev–Trinajstić information content (AvgIpc) is 2.90. The van der Waals surface area contributed by atoms with Gasteiger partial charge in [-0.3, -0.25) is 0 Å². The average molecular weight is 488 g/mol. The first-order chi connectivity index (χ1) is 17.5. The lowest BCUT2D eigenvalue weighted by Crippen LogP contribution is -2.08. The number of ether oxygens (including phenoxy) is 3. The highest BCUT2D eigenvalue weighted by atomic mass is 19.1. The maximum atomic E-state index is 14.6. The Morgan fingerprint density at radius 3 is 2.19 bits per heavy atom. The van der Waals surface area contributed by atoms with Crippen molar-refractivity contribution >= 4 is 11.9 Å². The largest absolute Gasteiger partial charge is 0.494 e. The van der Waals surface area contributed by atoms with Crippen molar-refractivity contribution in [3.8, 4) is 28.7 Å². The van der Waals surface area contributed by atoms with Crippen molar-refractivity contribution in [3.63, 3.8) is 0 Å². The third-order valence-electron chi connectivity index (χ3n) is 5.28. The van der Waals surface area contributed by atoms with Gasteiger partial charge in [0, 0.05) is 17.7 Å². The van der Waals surface area contributed by atoms with Crippen molar-refractivity contribution in [2.24, 2.45) is 0 Å². The lowest BCUT2D eigenvalue weighted by Gasteiger charge is -2.09. The molecule has 3 rings (SSSR count). The molecule has 3 aromatic carbocycles. The van der Waals surface area contributed by atoms with E-state index in [1.54, 1.807) is 48.5 Å². The van der Waals surface area contributed by atoms with Crippen molar-refractivity contribution in [3.05, 3.63) is 96.3 Å². The highest BCUT2D eigenvalue weighted by Crippen LogP contribution is 2.27. The first-order valence-corrected chi connectivity index (χ1v) is 11.5. The van der Waals surface area contributed by atoms with Crippen LogP contribution < -0.4 is 9.47 Å². The van der Waals surface area contributed by atoms with Crippen molar-refractivity contribution in [1.29, 1.82) is 5.26 Å². The Morgan fingerprint density at radius 1 is 0.889 bits per heavy atom. The molecule has 0 aliphatic heterocycles. The first-order valence-electron chi connectivity index (χ1n) is 11.5. The Bertz CT molecular complexity index is 1230. The number of unbranched alkanes of at least 4 members (excludes halogenated alkanes) is 3. The number of benzene rings is 3. The van der Waals surface area contributed by atoms with Crippen molar-refractivity contribution in [2.75, 3.05) is 13.2 Å². The Hall–Kier alpha value is -4.44. The Balaban J connectivity index is 1.44. The molecule has 7 heteroatoms. The van der Waals surface area contributed by atoms with E-state index < -0.39 is 17.8 Å². The molecule has 184 valence electrons. The summed E-state index contributed by atoms with van der Waals surface area (Å²) < 4.78 is 30.5. The number of nitrogens with zero attached hydrogens (tertiary/aromatic N) is 1. The Kier molecular flexibility index (Phi) is 9.78. The number of halogens is 1. The van der Waals surface area contributed by atoms with Crippen molar-refractivity contribution in [1.82, 2.24) is 0 Å². The number of hydrogen-bond acceptors (Lipinski definition) is 6. The van der Waals surface area contributed by atoms with Gasteiger partial charge < -0.3 is 14.2 Å². The van der Waals surface area contributed by atoms with Gasteiger partial charge in [-0.25, -0.2) is 14.0 Å². The molecular formula is C29H26FNO5. The van der Waals surface area contributed by atoms with Gasteiger partial charge in [-0.05, 0) is 79.8 Å². The number of carbonyl (C=O) groups is 2. The topological polar surface area (TPSA) is 85.6 Å². The molecule has 0 saturated heterocycles. The number of nitriles is 1. The van der Waals surface area contributed by atoms with Gasteiger partial charge in [0.1, 0.15) is 17.3 Å². The summed E-state index contributed by atoms with van der Waals surface area (Å²) in [6.45, 7) is 4.26. The number of rotatable bonds is 12. The standard InChI is InChI=1S/C29H26FNO5/c1-2-28(32)35-18-6-4-3-5-17-34-24-13-11-23(12-14-24)29(33)36-25-15-16-26(27(30)19-25)22-9-7-21(20-31)8-10-22/h2,7-16,19H,1,3-6,17-18H2. The van der Waals surface area contributed by atoms with Gasteiger partial charge in [-0.15, -0.1) is 0 Å².